The number of hydrogen-bond donors (Lipinski definition) is 3. The van der Waals surface area contributed by atoms with E-state index in [2.05, 4.69) is 10.6 Å². The summed E-state index contributed by atoms with van der Waals surface area (Å²) in [5.41, 5.74) is -0.858. The van der Waals surface area contributed by atoms with E-state index < -0.39 is 16.6 Å². The molecular weight excluding hydrogens is 426 g/mol. The predicted molar refractivity (Wildman–Crippen MR) is 128 cm³/mol. The number of likely N-dealkylation sites (tertiary alicyclic amines) is 1. The minimum absolute atomic E-state index is 0.0544. The summed E-state index contributed by atoms with van der Waals surface area (Å²) < 4.78 is 0. The zero-order chi connectivity index (χ0) is 23.6. The van der Waals surface area contributed by atoms with Crippen molar-refractivity contribution in [1.29, 1.82) is 0 Å². The molecule has 1 saturated heterocycles. The van der Waals surface area contributed by atoms with Crippen LogP contribution in [0.5, 0.6) is 0 Å². The fraction of sp³-hybridized carbons (Fsp3) is 0.440. The highest BCUT2D eigenvalue weighted by molar-refractivity contribution is 6.30. The van der Waals surface area contributed by atoms with Gasteiger partial charge in [0, 0.05) is 41.2 Å². The predicted octanol–water partition coefficient (Wildman–Crippen LogP) is 4.78. The van der Waals surface area contributed by atoms with Gasteiger partial charge < -0.3 is 20.6 Å². The number of nitrogens with one attached hydrogen (secondary N) is 2. The molecule has 0 spiro atoms. The van der Waals surface area contributed by atoms with Crippen molar-refractivity contribution in [2.45, 2.75) is 51.7 Å². The van der Waals surface area contributed by atoms with Crippen molar-refractivity contribution in [3.8, 4) is 0 Å². The zero-order valence-corrected chi connectivity index (χ0v) is 19.9. The third kappa shape index (κ3) is 5.43. The molecule has 3 amide bonds. The van der Waals surface area contributed by atoms with Gasteiger partial charge in [-0.3, -0.25) is 4.79 Å². The molecule has 172 valence electrons. The van der Waals surface area contributed by atoms with Crippen LogP contribution in [0.15, 0.2) is 54.6 Å². The smallest absolute Gasteiger partial charge is 0.319 e. The van der Waals surface area contributed by atoms with Crippen molar-refractivity contribution in [3.05, 3.63) is 65.2 Å². The number of carbonyl (C=O) groups excluding carboxylic acids is 2. The topological polar surface area (TPSA) is 81.7 Å². The van der Waals surface area contributed by atoms with Crippen LogP contribution in [0.25, 0.3) is 0 Å². The Morgan fingerprint density at radius 2 is 1.72 bits per heavy atom. The molecule has 0 bridgehead atoms. The summed E-state index contributed by atoms with van der Waals surface area (Å²) in [6, 6.07) is 16.0. The highest BCUT2D eigenvalue weighted by Crippen LogP contribution is 2.46. The van der Waals surface area contributed by atoms with Crippen LogP contribution in [-0.2, 0) is 10.4 Å². The van der Waals surface area contributed by atoms with E-state index in [0.29, 0.717) is 30.2 Å². The van der Waals surface area contributed by atoms with Crippen LogP contribution in [0.2, 0.25) is 5.02 Å². The van der Waals surface area contributed by atoms with Crippen molar-refractivity contribution >= 4 is 29.2 Å². The van der Waals surface area contributed by atoms with Crippen molar-refractivity contribution in [3.63, 3.8) is 0 Å². The Kier molecular flexibility index (Phi) is 6.86. The summed E-state index contributed by atoms with van der Waals surface area (Å²) in [6.07, 6.45) is 0.584. The number of anilines is 1. The van der Waals surface area contributed by atoms with E-state index in [0.717, 1.165) is 5.56 Å². The number of para-hydroxylation sites is 1. The molecule has 7 heteroatoms. The standard InChI is InChI=1S/C25H32ClN3O3/c1-23(2)17-29(15-14-25(23,32)18-10-12-19(26)13-11-18)21(30)16-24(3,4)28-22(31)27-20-8-6-5-7-9-20/h5-13,32H,14-17H2,1-4H3,(H2,27,28,31)/t25-/m0/s1. The maximum Gasteiger partial charge on any atom is 0.319 e. The van der Waals surface area contributed by atoms with E-state index in [4.69, 9.17) is 11.6 Å². The summed E-state index contributed by atoms with van der Waals surface area (Å²) in [5.74, 6) is -0.0544. The average Bonchev–Trinajstić information content (AvgIpc) is 2.70. The van der Waals surface area contributed by atoms with Gasteiger partial charge in [0.25, 0.3) is 0 Å². The van der Waals surface area contributed by atoms with Crippen LogP contribution >= 0.6 is 11.6 Å². The molecule has 1 fully saturated rings. The molecule has 1 aliphatic heterocycles. The molecule has 6 nitrogen and oxygen atoms in total. The monoisotopic (exact) mass is 457 g/mol. The number of hydrogen-bond acceptors (Lipinski definition) is 3. The van der Waals surface area contributed by atoms with E-state index >= 15 is 0 Å². The van der Waals surface area contributed by atoms with Crippen LogP contribution in [0.4, 0.5) is 10.5 Å². The third-order valence-electron chi connectivity index (χ3n) is 6.20. The summed E-state index contributed by atoms with van der Waals surface area (Å²) in [5, 5.41) is 17.8. The molecule has 32 heavy (non-hydrogen) atoms. The highest BCUT2D eigenvalue weighted by Gasteiger charge is 2.49. The first-order valence-corrected chi connectivity index (χ1v) is 11.2. The van der Waals surface area contributed by atoms with Gasteiger partial charge in [0.15, 0.2) is 0 Å². The Morgan fingerprint density at radius 3 is 2.31 bits per heavy atom. The molecule has 1 heterocycles. The molecule has 0 radical (unpaired) electrons. The first kappa shape index (κ1) is 24.1. The van der Waals surface area contributed by atoms with E-state index in [-0.39, 0.29) is 18.4 Å². The molecule has 0 aliphatic carbocycles. The maximum absolute atomic E-state index is 13.1. The second-order valence-corrected chi connectivity index (χ2v) is 10.3. The second kappa shape index (κ2) is 9.12. The quantitative estimate of drug-likeness (QED) is 0.604. The van der Waals surface area contributed by atoms with Gasteiger partial charge >= 0.3 is 6.03 Å². The van der Waals surface area contributed by atoms with Gasteiger partial charge in [0.2, 0.25) is 5.91 Å². The van der Waals surface area contributed by atoms with E-state index in [1.165, 1.54) is 0 Å². The van der Waals surface area contributed by atoms with Crippen LogP contribution in [0.1, 0.15) is 46.1 Å². The van der Waals surface area contributed by atoms with E-state index in [1.807, 2.05) is 58.0 Å². The molecule has 3 N–H and O–H groups in total. The van der Waals surface area contributed by atoms with Crippen LogP contribution in [0.3, 0.4) is 0 Å². The van der Waals surface area contributed by atoms with Gasteiger partial charge in [0.1, 0.15) is 0 Å². The number of rotatable bonds is 5. The lowest BCUT2D eigenvalue weighted by molar-refractivity contribution is -0.154. The molecule has 0 aromatic heterocycles. The van der Waals surface area contributed by atoms with Crippen LogP contribution < -0.4 is 10.6 Å². The van der Waals surface area contributed by atoms with Gasteiger partial charge in [-0.05, 0) is 50.1 Å². The molecular formula is C25H32ClN3O3. The Morgan fingerprint density at radius 1 is 1.09 bits per heavy atom. The lowest BCUT2D eigenvalue weighted by Crippen LogP contribution is -2.58. The number of amides is 3. The second-order valence-electron chi connectivity index (χ2n) is 9.82. The Hall–Kier alpha value is -2.57. The van der Waals surface area contributed by atoms with E-state index in [9.17, 15) is 14.7 Å². The fourth-order valence-corrected chi connectivity index (χ4v) is 4.45. The normalized spacial score (nSPS) is 20.5. The number of nitrogens with zero attached hydrogens (tertiary/aromatic N) is 1. The largest absolute Gasteiger partial charge is 0.384 e. The van der Waals surface area contributed by atoms with Crippen molar-refractivity contribution < 1.29 is 14.7 Å². The molecule has 1 atom stereocenters. The Bertz CT molecular complexity index is 960. The summed E-state index contributed by atoms with van der Waals surface area (Å²) >= 11 is 6.01. The van der Waals surface area contributed by atoms with Gasteiger partial charge in [-0.25, -0.2) is 4.79 Å². The summed E-state index contributed by atoms with van der Waals surface area (Å²) in [4.78, 5) is 27.2. The van der Waals surface area contributed by atoms with E-state index in [1.54, 1.807) is 29.2 Å². The molecule has 2 aromatic carbocycles. The minimum Gasteiger partial charge on any atom is -0.384 e. The SMILES string of the molecule is CC(C)(CC(=O)N1CC[C@](O)(c2ccc(Cl)cc2)C(C)(C)C1)NC(=O)Nc1ccccc1. The average molecular weight is 458 g/mol. The molecule has 2 aromatic rings. The minimum atomic E-state index is -1.06. The fourth-order valence-electron chi connectivity index (χ4n) is 4.32. The highest BCUT2D eigenvalue weighted by atomic mass is 35.5. The summed E-state index contributed by atoms with van der Waals surface area (Å²) in [6.45, 7) is 8.45. The number of carbonyl (C=O) groups is 2. The third-order valence-corrected chi connectivity index (χ3v) is 6.45. The Labute approximate surface area is 195 Å². The van der Waals surface area contributed by atoms with Crippen LogP contribution in [0, 0.1) is 5.41 Å². The van der Waals surface area contributed by atoms with Crippen LogP contribution in [-0.4, -0.2) is 40.6 Å². The lowest BCUT2D eigenvalue weighted by Gasteiger charge is -2.51. The summed E-state index contributed by atoms with van der Waals surface area (Å²) in [7, 11) is 0. The van der Waals surface area contributed by atoms with Crippen molar-refractivity contribution in [2.24, 2.45) is 5.41 Å². The van der Waals surface area contributed by atoms with Crippen molar-refractivity contribution in [2.75, 3.05) is 18.4 Å². The first-order chi connectivity index (χ1) is 14.9. The number of halogens is 1. The Balaban J connectivity index is 1.62. The van der Waals surface area contributed by atoms with Gasteiger partial charge in [-0.15, -0.1) is 0 Å². The molecule has 0 unspecified atom stereocenters. The maximum atomic E-state index is 13.1. The number of benzene rings is 2. The van der Waals surface area contributed by atoms with Gasteiger partial charge in [-0.2, -0.15) is 0 Å². The lowest BCUT2D eigenvalue weighted by atomic mass is 9.66. The molecule has 0 saturated carbocycles. The number of aliphatic hydroxyl groups is 1. The molecule has 1 aliphatic rings. The first-order valence-electron chi connectivity index (χ1n) is 10.8. The number of urea groups is 1. The van der Waals surface area contributed by atoms with Gasteiger partial charge in [0.05, 0.1) is 5.60 Å². The number of piperidine rings is 1. The molecule has 3 rings (SSSR count). The zero-order valence-electron chi connectivity index (χ0n) is 19.1. The van der Waals surface area contributed by atoms with Crippen molar-refractivity contribution in [1.82, 2.24) is 10.2 Å². The van der Waals surface area contributed by atoms with Gasteiger partial charge in [-0.1, -0.05) is 55.8 Å².